The predicted octanol–water partition coefficient (Wildman–Crippen LogP) is 12.2. The third-order valence-corrected chi connectivity index (χ3v) is 23.4. The Morgan fingerprint density at radius 2 is 0.852 bits per heavy atom. The largest absolute Gasteiger partial charge is 0.497 e. The van der Waals surface area contributed by atoms with Crippen molar-refractivity contribution in [2.45, 2.75) is 247 Å². The van der Waals surface area contributed by atoms with E-state index < -0.39 is 58.8 Å². The van der Waals surface area contributed by atoms with Crippen LogP contribution < -0.4 is 19.5 Å². The molecule has 3 amide bonds. The zero-order valence-corrected chi connectivity index (χ0v) is 69.2. The molecule has 8 heterocycles. The van der Waals surface area contributed by atoms with Crippen molar-refractivity contribution in [2.24, 2.45) is 37.7 Å². The summed E-state index contributed by atoms with van der Waals surface area (Å²) in [4.78, 5) is 71.7. The van der Waals surface area contributed by atoms with E-state index in [-0.39, 0.29) is 94.9 Å². The number of aliphatic imine (C=N–C) groups is 4. The Morgan fingerprint density at radius 3 is 1.18 bits per heavy atom. The van der Waals surface area contributed by atoms with E-state index in [1.54, 1.807) is 55.6 Å². The number of aliphatic hydroxyl groups is 2. The van der Waals surface area contributed by atoms with Gasteiger partial charge in [-0.2, -0.15) is 0 Å². The number of amidine groups is 4. The van der Waals surface area contributed by atoms with Crippen molar-refractivity contribution in [1.29, 1.82) is 0 Å². The van der Waals surface area contributed by atoms with Crippen LogP contribution in [0.25, 0.3) is 0 Å². The van der Waals surface area contributed by atoms with Crippen LogP contribution in [-0.4, -0.2) is 237 Å². The number of aliphatic hydroxyl groups excluding tert-OH is 2. The summed E-state index contributed by atoms with van der Waals surface area (Å²) in [7, 11) is 11.6. The number of methoxy groups -OCH3 is 3. The number of carbonyl (C=O) groups excluding carboxylic acids is 4. The van der Waals surface area contributed by atoms with Crippen molar-refractivity contribution in [3.63, 3.8) is 0 Å². The minimum absolute atomic E-state index is 0.0625. The third kappa shape index (κ3) is 23.0. The van der Waals surface area contributed by atoms with Gasteiger partial charge < -0.3 is 81.9 Å². The Balaban J connectivity index is 0.000000186. The predicted molar refractivity (Wildman–Crippen MR) is 422 cm³/mol. The molecule has 27 nitrogen and oxygen atoms in total. The van der Waals surface area contributed by atoms with Gasteiger partial charge in [-0.1, -0.05) is 124 Å². The van der Waals surface area contributed by atoms with Gasteiger partial charge in [0.05, 0.1) is 83.8 Å². The molecular formula is C77H112N8O19S4. The Hall–Kier alpha value is -6.20. The third-order valence-electron chi connectivity index (χ3n) is 18.6. The normalized spacial score (nSPS) is 30.6. The topological polar surface area (TPSA) is 300 Å². The first-order valence-electron chi connectivity index (χ1n) is 36.4. The molecule has 3 aromatic rings. The molecule has 20 atom stereocenters. The molecule has 0 spiro atoms. The molecule has 3 aromatic carbocycles. The van der Waals surface area contributed by atoms with Gasteiger partial charge in [-0.05, 0) is 128 Å². The van der Waals surface area contributed by atoms with Crippen LogP contribution >= 0.6 is 47.0 Å². The molecule has 108 heavy (non-hydrogen) atoms. The van der Waals surface area contributed by atoms with Crippen molar-refractivity contribution < 1.29 is 91.0 Å². The van der Waals surface area contributed by atoms with E-state index in [0.29, 0.717) is 41.7 Å². The fourth-order valence-electron chi connectivity index (χ4n) is 12.6. The maximum absolute atomic E-state index is 12.5. The molecule has 598 valence electrons. The van der Waals surface area contributed by atoms with Crippen LogP contribution in [0.15, 0.2) is 105 Å². The number of nitrogens with one attached hydrogen (secondary N) is 1. The highest BCUT2D eigenvalue weighted by atomic mass is 32.2. The number of rotatable bonds is 16. The first-order valence-corrected chi connectivity index (χ1v) is 39.9. The summed E-state index contributed by atoms with van der Waals surface area (Å²) < 4.78 is 75.2. The highest BCUT2D eigenvalue weighted by molar-refractivity contribution is 8.15. The Labute approximate surface area is 653 Å². The second-order valence-electron chi connectivity index (χ2n) is 30.1. The highest BCUT2D eigenvalue weighted by Crippen LogP contribution is 2.45. The van der Waals surface area contributed by atoms with Crippen LogP contribution in [0, 0.1) is 17.8 Å². The Kier molecular flexibility index (Phi) is 31.4. The molecule has 8 aliphatic rings. The zero-order chi connectivity index (χ0) is 79.3. The van der Waals surface area contributed by atoms with E-state index in [1.165, 1.54) is 61.7 Å². The zero-order valence-electron chi connectivity index (χ0n) is 66.0. The van der Waals surface area contributed by atoms with Gasteiger partial charge in [-0.25, -0.2) is 14.4 Å². The molecule has 8 aliphatic heterocycles. The van der Waals surface area contributed by atoms with Crippen molar-refractivity contribution in [1.82, 2.24) is 20.0 Å². The molecule has 5 saturated heterocycles. The van der Waals surface area contributed by atoms with Gasteiger partial charge in [0.15, 0.2) is 20.7 Å². The molecule has 31 heteroatoms. The van der Waals surface area contributed by atoms with Gasteiger partial charge in [0.25, 0.3) is 0 Å². The maximum atomic E-state index is 12.5. The molecule has 3 N–H and O–H groups in total. The van der Waals surface area contributed by atoms with E-state index in [9.17, 15) is 29.4 Å². The highest BCUT2D eigenvalue weighted by Gasteiger charge is 2.53. The Bertz CT molecular complexity index is 3460. The van der Waals surface area contributed by atoms with Crippen LogP contribution in [0.5, 0.6) is 17.2 Å². The number of carbonyl (C=O) groups is 4. The summed E-state index contributed by atoms with van der Waals surface area (Å²) >= 11 is 5.65. The fraction of sp³-hybridized carbons (Fsp3) is 0.636. The first kappa shape index (κ1) is 87.4. The summed E-state index contributed by atoms with van der Waals surface area (Å²) in [6.45, 7) is 31.9. The van der Waals surface area contributed by atoms with E-state index in [4.69, 9.17) is 76.6 Å². The van der Waals surface area contributed by atoms with Crippen molar-refractivity contribution in [3.8, 4) is 17.2 Å². The van der Waals surface area contributed by atoms with E-state index in [1.807, 2.05) is 149 Å². The number of benzene rings is 3. The number of hydrogen-bond acceptors (Lipinski definition) is 27. The van der Waals surface area contributed by atoms with Crippen LogP contribution in [0.1, 0.15) is 126 Å². The van der Waals surface area contributed by atoms with Crippen molar-refractivity contribution >= 4 is 92.3 Å². The minimum Gasteiger partial charge on any atom is -0.497 e. The van der Waals surface area contributed by atoms with Gasteiger partial charge in [0.1, 0.15) is 98.5 Å². The Morgan fingerprint density at radius 1 is 0.519 bits per heavy atom. The smallest absolute Gasteiger partial charge is 0.416 e. The lowest BCUT2D eigenvalue weighted by Crippen LogP contribution is -2.58. The lowest BCUT2D eigenvalue weighted by atomic mass is 9.88. The quantitative estimate of drug-likeness (QED) is 0.0682. The van der Waals surface area contributed by atoms with Crippen LogP contribution in [-0.2, 0) is 72.0 Å². The maximum Gasteiger partial charge on any atom is 0.416 e. The summed E-state index contributed by atoms with van der Waals surface area (Å²) in [6, 6.07) is 22.3. The number of thioether (sulfide) groups is 4. The standard InChI is InChI=1S/C23H34N2O5S.C23H32N2O5S.C22H30N2O6S.C9H16N2O3S/c2*1-8-17-14(2)19(28-13-15-9-11-16(27-7)12-10-15)18-20(29-17)31-21(24-18)25(6)22(26)30-23(3,4)5;1-13-16(11-25)29-19-17(18(13)28-12-14-7-9-15(27-6)10-8-14)23-20(31-19)24(5)21(26)30-22(2,3)4;1-3-4-6(12)7(13)5-8(14-4)15-9(10-2)11-5/h9-12,14,17-20H,8,13H2,1-7H3;8-12,14,17-20H,1,13H2,2-7H3;7-11,13,16-19H,12H2,1-6H3;4-8,12-13H,3H2,1-2H3,(H,10,11)/t2*14-,17-,18-,19+,20-;13-,16-,17-,18+,19-;4-,5-,6-,7-,8-/m1111/s1. The average molecular weight is 1580 g/mol. The number of aldehydes is 1. The number of nitrogens with zero attached hydrogens (tertiary/aromatic N) is 7. The van der Waals surface area contributed by atoms with Gasteiger partial charge >= 0.3 is 18.3 Å². The fourth-order valence-corrected chi connectivity index (χ4v) is 17.2. The summed E-state index contributed by atoms with van der Waals surface area (Å²) in [5, 5.41) is 25.1. The number of hydrogen-bond donors (Lipinski definition) is 3. The molecule has 0 aromatic heterocycles. The van der Waals surface area contributed by atoms with Crippen LogP contribution in [0.3, 0.4) is 0 Å². The second kappa shape index (κ2) is 38.8. The number of ether oxygens (including phenoxy) is 13. The lowest BCUT2D eigenvalue weighted by Gasteiger charge is -2.41. The molecular weight excluding hydrogens is 1470 g/mol. The van der Waals surface area contributed by atoms with Gasteiger partial charge in [-0.3, -0.25) is 34.7 Å². The van der Waals surface area contributed by atoms with Crippen LogP contribution in [0.4, 0.5) is 14.4 Å². The van der Waals surface area contributed by atoms with E-state index in [2.05, 4.69) is 37.7 Å². The SMILES string of the molecule is C=C[C@H]1O[C@@H]2SC(N(C)C(=O)OC(C)(C)C)=N[C@@H]2[C@@H](OCc2ccc(OC)cc2)[C@@H]1C.CC[C@H]1O[C@@H]2SC(=NC)N[C@@H]2[C@@H](O)[C@@H]1O.CC[C@H]1O[C@@H]2SC(N(C)C(=O)OC(C)(C)C)=N[C@@H]2[C@@H](OCc2ccc(OC)cc2)[C@@H]1C.COc1ccc(CO[C@H]2[C@H](C)[C@@H](C=O)O[C@@H]3SC(N(C)C(=O)OC(C)(C)C)=N[C@H]23)cc1. The van der Waals surface area contributed by atoms with Gasteiger partial charge in [-0.15, -0.1) is 6.58 Å². The monoisotopic (exact) mass is 1580 g/mol. The number of fused-ring (bicyclic) bond motifs is 4. The molecule has 5 fully saturated rings. The second-order valence-corrected chi connectivity index (χ2v) is 34.4. The molecule has 0 aliphatic carbocycles. The molecule has 11 rings (SSSR count). The lowest BCUT2D eigenvalue weighted by molar-refractivity contribution is -0.156. The average Bonchev–Trinajstić information content (AvgIpc) is 1.56. The van der Waals surface area contributed by atoms with Crippen molar-refractivity contribution in [3.05, 3.63) is 102 Å². The molecule has 0 bridgehead atoms. The van der Waals surface area contributed by atoms with Crippen LogP contribution in [0.2, 0.25) is 0 Å². The molecule has 0 radical (unpaired) electrons. The summed E-state index contributed by atoms with van der Waals surface area (Å²) in [5.74, 6) is 2.46. The molecule has 0 unspecified atom stereocenters. The first-order chi connectivity index (χ1) is 51.0. The number of amides is 3. The minimum atomic E-state index is -0.819. The van der Waals surface area contributed by atoms with E-state index in [0.717, 1.165) is 51.8 Å². The van der Waals surface area contributed by atoms with Crippen molar-refractivity contribution in [2.75, 3.05) is 49.5 Å². The summed E-state index contributed by atoms with van der Waals surface area (Å²) in [6.07, 6.45) is -0.359. The van der Waals surface area contributed by atoms with E-state index >= 15 is 0 Å². The van der Waals surface area contributed by atoms with Gasteiger partial charge in [0, 0.05) is 45.9 Å². The molecule has 0 saturated carbocycles. The summed E-state index contributed by atoms with van der Waals surface area (Å²) in [5.41, 5.74) is 0.367. The van der Waals surface area contributed by atoms with Gasteiger partial charge in [0.2, 0.25) is 0 Å².